The molecule has 0 spiro atoms. The molecule has 0 radical (unpaired) electrons. The Morgan fingerprint density at radius 3 is 2.23 bits per heavy atom. The lowest BCUT2D eigenvalue weighted by molar-refractivity contribution is -0.135. The zero-order valence-electron chi connectivity index (χ0n) is 13.7. The molecule has 1 rings (SSSR count). The molecule has 1 aromatic heterocycles. The van der Waals surface area contributed by atoms with E-state index in [-0.39, 0.29) is 30.1 Å². The van der Waals surface area contributed by atoms with Crippen LogP contribution in [0.1, 0.15) is 40.2 Å². The molecule has 0 aromatic carbocycles. The van der Waals surface area contributed by atoms with E-state index in [2.05, 4.69) is 0 Å². The van der Waals surface area contributed by atoms with Crippen LogP contribution < -0.4 is 11.2 Å². The zero-order valence-corrected chi connectivity index (χ0v) is 13.7. The van der Waals surface area contributed by atoms with Gasteiger partial charge in [0.2, 0.25) is 5.91 Å². The van der Waals surface area contributed by atoms with Crippen LogP contribution in [0.3, 0.4) is 0 Å². The highest BCUT2D eigenvalue weighted by atomic mass is 16.2. The molecule has 0 aliphatic carbocycles. The molecule has 120 valence electrons. The smallest absolute Gasteiger partial charge is 0.331 e. The lowest BCUT2D eigenvalue weighted by Crippen LogP contribution is -2.48. The monoisotopic (exact) mass is 306 g/mol. The van der Waals surface area contributed by atoms with Crippen LogP contribution in [-0.2, 0) is 17.9 Å². The van der Waals surface area contributed by atoms with Gasteiger partial charge in [0.15, 0.2) is 0 Å². The highest BCUT2D eigenvalue weighted by Gasteiger charge is 2.22. The lowest BCUT2D eigenvalue weighted by atomic mass is 10.2. The number of carbonyl (C=O) groups excluding carboxylic acids is 1. The van der Waals surface area contributed by atoms with Gasteiger partial charge >= 0.3 is 5.69 Å². The van der Waals surface area contributed by atoms with E-state index in [9.17, 15) is 14.4 Å². The Kier molecular flexibility index (Phi) is 5.69. The molecule has 0 saturated heterocycles. The summed E-state index contributed by atoms with van der Waals surface area (Å²) in [5.41, 5.74) is -1.44. The van der Waals surface area contributed by atoms with Gasteiger partial charge in [-0.25, -0.2) is 9.36 Å². The summed E-state index contributed by atoms with van der Waals surface area (Å²) in [5.74, 6) is -0.318. The van der Waals surface area contributed by atoms with Crippen molar-refractivity contribution in [2.24, 2.45) is 0 Å². The molecule has 0 fully saturated rings. The molecule has 0 atom stereocenters. The second-order valence-electron chi connectivity index (χ2n) is 5.60. The van der Waals surface area contributed by atoms with Crippen LogP contribution in [0.5, 0.6) is 0 Å². The molecular weight excluding hydrogens is 284 g/mol. The normalized spacial score (nSPS) is 10.8. The maximum Gasteiger partial charge on any atom is 0.331 e. The molecule has 1 amide bonds. The van der Waals surface area contributed by atoms with E-state index in [1.165, 1.54) is 10.8 Å². The zero-order chi connectivity index (χ0) is 17.0. The van der Waals surface area contributed by atoms with Gasteiger partial charge in [-0.3, -0.25) is 14.2 Å². The fraction of sp³-hybridized carbons (Fsp3) is 0.600. The summed E-state index contributed by atoms with van der Waals surface area (Å²) in [5, 5.41) is 9.00. The van der Waals surface area contributed by atoms with Crippen LogP contribution >= 0.6 is 0 Å². The number of aromatic nitrogens is 2. The van der Waals surface area contributed by atoms with Crippen molar-refractivity contribution in [3.8, 4) is 6.07 Å². The third-order valence-corrected chi connectivity index (χ3v) is 3.39. The Morgan fingerprint density at radius 1 is 1.27 bits per heavy atom. The molecule has 1 aromatic rings. The summed E-state index contributed by atoms with van der Waals surface area (Å²) < 4.78 is 2.09. The fourth-order valence-electron chi connectivity index (χ4n) is 2.49. The van der Waals surface area contributed by atoms with E-state index in [0.29, 0.717) is 6.54 Å². The minimum Gasteiger partial charge on any atom is -0.336 e. The number of hydrogen-bond acceptors (Lipinski definition) is 4. The third-order valence-electron chi connectivity index (χ3n) is 3.39. The van der Waals surface area contributed by atoms with Crippen molar-refractivity contribution < 1.29 is 4.79 Å². The Balaban J connectivity index is 3.35. The van der Waals surface area contributed by atoms with Gasteiger partial charge in [-0.1, -0.05) is 0 Å². The maximum absolute atomic E-state index is 12.4. The average Bonchev–Trinajstić information content (AvgIpc) is 2.43. The highest BCUT2D eigenvalue weighted by molar-refractivity contribution is 5.76. The first-order chi connectivity index (χ1) is 10.2. The highest BCUT2D eigenvalue weighted by Crippen LogP contribution is 2.06. The van der Waals surface area contributed by atoms with E-state index < -0.39 is 11.2 Å². The second kappa shape index (κ2) is 7.07. The first-order valence-corrected chi connectivity index (χ1v) is 7.30. The van der Waals surface area contributed by atoms with Gasteiger partial charge < -0.3 is 4.90 Å². The molecular formula is C15H22N4O3. The van der Waals surface area contributed by atoms with E-state index in [0.717, 1.165) is 4.57 Å². The number of aryl methyl sites for hydroxylation is 1. The van der Waals surface area contributed by atoms with Gasteiger partial charge in [-0.05, 0) is 34.6 Å². The molecule has 0 unspecified atom stereocenters. The summed E-state index contributed by atoms with van der Waals surface area (Å²) in [4.78, 5) is 38.4. The molecule has 0 N–H and O–H groups in total. The van der Waals surface area contributed by atoms with E-state index in [4.69, 9.17) is 5.26 Å². The number of amides is 1. The van der Waals surface area contributed by atoms with Crippen molar-refractivity contribution in [2.45, 2.75) is 59.8 Å². The van der Waals surface area contributed by atoms with Gasteiger partial charge in [0.05, 0.1) is 0 Å². The topological polar surface area (TPSA) is 88.1 Å². The Hall–Kier alpha value is -2.36. The first-order valence-electron chi connectivity index (χ1n) is 7.30. The number of carbonyl (C=O) groups is 1. The number of hydrogen-bond donors (Lipinski definition) is 0. The first kappa shape index (κ1) is 17.7. The van der Waals surface area contributed by atoms with E-state index in [1.807, 2.05) is 27.7 Å². The Labute approximate surface area is 129 Å². The van der Waals surface area contributed by atoms with Crippen LogP contribution in [0.2, 0.25) is 0 Å². The summed E-state index contributed by atoms with van der Waals surface area (Å²) >= 11 is 0. The molecule has 7 heteroatoms. The standard InChI is InChI=1S/C15H22N4O3/c1-6-17-8-12(7-16)14(21)18(15(17)22)9-13(20)19(10(2)3)11(4)5/h8,10-11H,6,9H2,1-5H3. The molecule has 0 aliphatic heterocycles. The average molecular weight is 306 g/mol. The van der Waals surface area contributed by atoms with Crippen molar-refractivity contribution in [3.05, 3.63) is 32.6 Å². The molecule has 0 bridgehead atoms. The SMILES string of the molecule is CCn1cc(C#N)c(=O)n(CC(=O)N(C(C)C)C(C)C)c1=O. The summed E-state index contributed by atoms with van der Waals surface area (Å²) in [6.07, 6.45) is 1.23. The largest absolute Gasteiger partial charge is 0.336 e. The minimum absolute atomic E-state index is 0.0456. The third kappa shape index (κ3) is 3.45. The molecule has 0 aliphatic rings. The maximum atomic E-state index is 12.4. The van der Waals surface area contributed by atoms with E-state index >= 15 is 0 Å². The number of nitriles is 1. The summed E-state index contributed by atoms with van der Waals surface area (Å²) in [6.45, 7) is 9.18. The minimum atomic E-state index is -0.724. The lowest BCUT2D eigenvalue weighted by Gasteiger charge is -2.30. The van der Waals surface area contributed by atoms with E-state index in [1.54, 1.807) is 17.9 Å². The van der Waals surface area contributed by atoms with Crippen molar-refractivity contribution in [2.75, 3.05) is 0 Å². The predicted octanol–water partition coefficient (Wildman–Crippen LogP) is 0.547. The van der Waals surface area contributed by atoms with Crippen molar-refractivity contribution >= 4 is 5.91 Å². The van der Waals surface area contributed by atoms with Crippen LogP contribution in [0.25, 0.3) is 0 Å². The predicted molar refractivity (Wildman–Crippen MR) is 82.5 cm³/mol. The van der Waals surface area contributed by atoms with Gasteiger partial charge in [0.1, 0.15) is 18.2 Å². The summed E-state index contributed by atoms with van der Waals surface area (Å²) in [6, 6.07) is 1.68. The van der Waals surface area contributed by atoms with Crippen molar-refractivity contribution in [1.29, 1.82) is 5.26 Å². The van der Waals surface area contributed by atoms with Crippen LogP contribution in [0, 0.1) is 11.3 Å². The fourth-order valence-corrected chi connectivity index (χ4v) is 2.49. The molecule has 7 nitrogen and oxygen atoms in total. The second-order valence-corrected chi connectivity index (χ2v) is 5.60. The van der Waals surface area contributed by atoms with Crippen LogP contribution in [-0.4, -0.2) is 32.0 Å². The Morgan fingerprint density at radius 2 is 1.82 bits per heavy atom. The van der Waals surface area contributed by atoms with Gasteiger partial charge in [-0.15, -0.1) is 0 Å². The number of rotatable bonds is 5. The van der Waals surface area contributed by atoms with Crippen LogP contribution in [0.15, 0.2) is 15.8 Å². The summed E-state index contributed by atoms with van der Waals surface area (Å²) in [7, 11) is 0. The van der Waals surface area contributed by atoms with Gasteiger partial charge in [-0.2, -0.15) is 5.26 Å². The Bertz CT molecular complexity index is 699. The van der Waals surface area contributed by atoms with Crippen molar-refractivity contribution in [3.63, 3.8) is 0 Å². The van der Waals surface area contributed by atoms with Crippen molar-refractivity contribution in [1.82, 2.24) is 14.0 Å². The van der Waals surface area contributed by atoms with Crippen LogP contribution in [0.4, 0.5) is 0 Å². The molecule has 0 saturated carbocycles. The van der Waals surface area contributed by atoms with Gasteiger partial charge in [0, 0.05) is 24.8 Å². The molecule has 1 heterocycles. The van der Waals surface area contributed by atoms with Gasteiger partial charge in [0.25, 0.3) is 5.56 Å². The number of nitrogens with zero attached hydrogens (tertiary/aromatic N) is 4. The molecule has 22 heavy (non-hydrogen) atoms. The quantitative estimate of drug-likeness (QED) is 0.794.